The van der Waals surface area contributed by atoms with E-state index in [4.69, 9.17) is 0 Å². The molecule has 1 aromatic rings. The average Bonchev–Trinajstić information content (AvgIpc) is 3.30. The van der Waals surface area contributed by atoms with Crippen molar-refractivity contribution in [1.29, 1.82) is 0 Å². The standard InChI is InChI=1S/C22H24FN3O6/c23-13-5-3-4-12(10-13)19(28)24-15-7-2-1-6-14-8-9-17(26(14)21(15)30)20(29)25-16-11-18(27)32-22(16)31/h1-5,10,14-17,22,31H,6-9,11H2,(H,24,28)(H,25,29)/t14-,15+,16?,17+,22?/m1/s1. The molecule has 2 saturated heterocycles. The van der Waals surface area contributed by atoms with Gasteiger partial charge in [0.2, 0.25) is 18.1 Å². The van der Waals surface area contributed by atoms with Crippen molar-refractivity contribution < 1.29 is 33.4 Å². The zero-order chi connectivity index (χ0) is 22.8. The van der Waals surface area contributed by atoms with E-state index in [0.29, 0.717) is 19.3 Å². The van der Waals surface area contributed by atoms with Crippen molar-refractivity contribution in [2.24, 2.45) is 0 Å². The summed E-state index contributed by atoms with van der Waals surface area (Å²) >= 11 is 0. The molecular weight excluding hydrogens is 421 g/mol. The largest absolute Gasteiger partial charge is 0.434 e. The second-order valence-electron chi connectivity index (χ2n) is 8.17. The highest BCUT2D eigenvalue weighted by Gasteiger charge is 2.45. The summed E-state index contributed by atoms with van der Waals surface area (Å²) in [5.74, 6) is -2.64. The maximum absolute atomic E-state index is 13.5. The Morgan fingerprint density at radius 3 is 2.62 bits per heavy atom. The number of ether oxygens (including phenoxy) is 1. The van der Waals surface area contributed by atoms with Crippen LogP contribution in [-0.2, 0) is 19.1 Å². The lowest BCUT2D eigenvalue weighted by Gasteiger charge is -2.34. The molecule has 2 unspecified atom stereocenters. The Morgan fingerprint density at radius 2 is 1.91 bits per heavy atom. The number of nitrogens with one attached hydrogen (secondary N) is 2. The van der Waals surface area contributed by atoms with Crippen molar-refractivity contribution in [2.45, 2.75) is 62.6 Å². The van der Waals surface area contributed by atoms with Gasteiger partial charge < -0.3 is 25.4 Å². The Bertz CT molecular complexity index is 967. The van der Waals surface area contributed by atoms with E-state index in [1.54, 1.807) is 0 Å². The van der Waals surface area contributed by atoms with Gasteiger partial charge in [-0.2, -0.15) is 0 Å². The monoisotopic (exact) mass is 445 g/mol. The van der Waals surface area contributed by atoms with E-state index in [0.717, 1.165) is 6.07 Å². The molecule has 3 heterocycles. The van der Waals surface area contributed by atoms with E-state index in [2.05, 4.69) is 15.4 Å². The zero-order valence-electron chi connectivity index (χ0n) is 17.2. The van der Waals surface area contributed by atoms with Crippen LogP contribution in [0.5, 0.6) is 0 Å². The summed E-state index contributed by atoms with van der Waals surface area (Å²) in [5, 5.41) is 15.0. The molecule has 3 aliphatic rings. The number of cyclic esters (lactones) is 1. The molecule has 0 saturated carbocycles. The predicted octanol–water partition coefficient (Wildman–Crippen LogP) is 0.384. The van der Waals surface area contributed by atoms with Gasteiger partial charge in [0.05, 0.1) is 6.42 Å². The number of halogens is 1. The van der Waals surface area contributed by atoms with Crippen LogP contribution in [0, 0.1) is 5.82 Å². The second kappa shape index (κ2) is 9.07. The van der Waals surface area contributed by atoms with E-state index < -0.39 is 53.9 Å². The highest BCUT2D eigenvalue weighted by Crippen LogP contribution is 2.30. The van der Waals surface area contributed by atoms with E-state index in [1.807, 2.05) is 12.2 Å². The first kappa shape index (κ1) is 21.9. The van der Waals surface area contributed by atoms with Crippen molar-refractivity contribution in [1.82, 2.24) is 15.5 Å². The maximum atomic E-state index is 13.5. The number of aliphatic hydroxyl groups is 1. The van der Waals surface area contributed by atoms with Gasteiger partial charge in [-0.3, -0.25) is 19.2 Å². The number of fused-ring (bicyclic) bond motifs is 1. The van der Waals surface area contributed by atoms with Crippen LogP contribution >= 0.6 is 0 Å². The normalized spacial score (nSPS) is 29.7. The van der Waals surface area contributed by atoms with Crippen LogP contribution < -0.4 is 10.6 Å². The summed E-state index contributed by atoms with van der Waals surface area (Å²) in [7, 11) is 0. The quantitative estimate of drug-likeness (QED) is 0.455. The molecule has 0 radical (unpaired) electrons. The number of amides is 3. The van der Waals surface area contributed by atoms with Crippen LogP contribution in [0.15, 0.2) is 36.4 Å². The Labute approximate surface area is 183 Å². The molecule has 0 spiro atoms. The van der Waals surface area contributed by atoms with E-state index in [9.17, 15) is 28.7 Å². The zero-order valence-corrected chi connectivity index (χ0v) is 17.2. The molecule has 9 nitrogen and oxygen atoms in total. The molecule has 3 aliphatic heterocycles. The van der Waals surface area contributed by atoms with Crippen LogP contribution in [0.25, 0.3) is 0 Å². The molecule has 10 heteroatoms. The van der Waals surface area contributed by atoms with Crippen LogP contribution in [0.4, 0.5) is 4.39 Å². The number of nitrogens with zero attached hydrogens (tertiary/aromatic N) is 1. The van der Waals surface area contributed by atoms with Gasteiger partial charge in [0, 0.05) is 11.6 Å². The fourth-order valence-electron chi connectivity index (χ4n) is 4.41. The molecule has 32 heavy (non-hydrogen) atoms. The van der Waals surface area contributed by atoms with Crippen LogP contribution in [-0.4, -0.2) is 64.2 Å². The molecule has 3 N–H and O–H groups in total. The van der Waals surface area contributed by atoms with Crippen molar-refractivity contribution in [3.05, 3.63) is 47.8 Å². The van der Waals surface area contributed by atoms with Gasteiger partial charge in [-0.15, -0.1) is 0 Å². The number of hydrogen-bond acceptors (Lipinski definition) is 6. The molecule has 3 amide bonds. The molecular formula is C22H24FN3O6. The fourth-order valence-corrected chi connectivity index (χ4v) is 4.41. The Kier molecular flexibility index (Phi) is 6.22. The second-order valence-corrected chi connectivity index (χ2v) is 8.17. The highest BCUT2D eigenvalue weighted by atomic mass is 19.1. The van der Waals surface area contributed by atoms with Gasteiger partial charge in [-0.05, 0) is 43.9 Å². The first-order valence-corrected chi connectivity index (χ1v) is 10.5. The minimum atomic E-state index is -1.42. The van der Waals surface area contributed by atoms with Crippen LogP contribution in [0.1, 0.15) is 42.5 Å². The van der Waals surface area contributed by atoms with E-state index >= 15 is 0 Å². The molecule has 2 fully saturated rings. The van der Waals surface area contributed by atoms with Gasteiger partial charge in [-0.1, -0.05) is 18.2 Å². The smallest absolute Gasteiger partial charge is 0.310 e. The Hall–Kier alpha value is -3.27. The lowest BCUT2D eigenvalue weighted by atomic mass is 10.0. The minimum absolute atomic E-state index is 0.0935. The van der Waals surface area contributed by atoms with Crippen molar-refractivity contribution in [3.8, 4) is 0 Å². The first-order valence-electron chi connectivity index (χ1n) is 10.5. The number of rotatable bonds is 4. The molecule has 4 rings (SSSR count). The molecule has 0 aromatic heterocycles. The lowest BCUT2D eigenvalue weighted by molar-refractivity contribution is -0.155. The summed E-state index contributed by atoms with van der Waals surface area (Å²) in [6.45, 7) is 0. The fraction of sp³-hybridized carbons (Fsp3) is 0.455. The molecule has 170 valence electrons. The molecule has 0 bridgehead atoms. The molecule has 5 atom stereocenters. The average molecular weight is 445 g/mol. The van der Waals surface area contributed by atoms with Gasteiger partial charge in [0.1, 0.15) is 23.9 Å². The summed E-state index contributed by atoms with van der Waals surface area (Å²) in [6.07, 6.45) is 3.99. The third kappa shape index (κ3) is 4.50. The third-order valence-electron chi connectivity index (χ3n) is 6.01. The van der Waals surface area contributed by atoms with Crippen LogP contribution in [0.2, 0.25) is 0 Å². The predicted molar refractivity (Wildman–Crippen MR) is 108 cm³/mol. The highest BCUT2D eigenvalue weighted by molar-refractivity contribution is 5.98. The van der Waals surface area contributed by atoms with Crippen molar-refractivity contribution in [2.75, 3.05) is 0 Å². The molecule has 0 aliphatic carbocycles. The summed E-state index contributed by atoms with van der Waals surface area (Å²) in [4.78, 5) is 51.7. The van der Waals surface area contributed by atoms with Gasteiger partial charge >= 0.3 is 5.97 Å². The number of carbonyl (C=O) groups is 4. The number of hydrogen-bond donors (Lipinski definition) is 3. The third-order valence-corrected chi connectivity index (χ3v) is 6.01. The Balaban J connectivity index is 1.49. The van der Waals surface area contributed by atoms with E-state index in [-0.39, 0.29) is 24.4 Å². The van der Waals surface area contributed by atoms with Gasteiger partial charge in [-0.25, -0.2) is 4.39 Å². The van der Waals surface area contributed by atoms with Crippen LogP contribution in [0.3, 0.4) is 0 Å². The van der Waals surface area contributed by atoms with Crippen molar-refractivity contribution >= 4 is 23.7 Å². The maximum Gasteiger partial charge on any atom is 0.310 e. The van der Waals surface area contributed by atoms with Gasteiger partial charge in [0.25, 0.3) is 5.91 Å². The summed E-state index contributed by atoms with van der Waals surface area (Å²) < 4.78 is 18.1. The number of benzene rings is 1. The lowest BCUT2D eigenvalue weighted by Crippen LogP contribution is -2.57. The number of aliphatic hydroxyl groups excluding tert-OH is 1. The van der Waals surface area contributed by atoms with Crippen molar-refractivity contribution in [3.63, 3.8) is 0 Å². The Morgan fingerprint density at radius 1 is 1.12 bits per heavy atom. The minimum Gasteiger partial charge on any atom is -0.434 e. The number of carbonyl (C=O) groups excluding carboxylic acids is 4. The first-order chi connectivity index (χ1) is 15.3. The van der Waals surface area contributed by atoms with E-state index in [1.165, 1.54) is 23.1 Å². The summed E-state index contributed by atoms with van der Waals surface area (Å²) in [6, 6.07) is 2.37. The SMILES string of the molecule is O=C1CC(NC(=O)[C@@H]2CC[C@H]3CC=CC[C@H](NC(=O)c4cccc(F)c4)C(=O)N32)C(O)O1. The van der Waals surface area contributed by atoms with Gasteiger partial charge in [0.15, 0.2) is 0 Å². The molecule has 1 aromatic carbocycles. The number of esters is 1. The summed E-state index contributed by atoms with van der Waals surface area (Å²) in [5.41, 5.74) is 0.0935. The topological polar surface area (TPSA) is 125 Å².